The number of nitrogens with zero attached hydrogens (tertiary/aromatic N) is 1. The lowest BCUT2D eigenvalue weighted by Gasteiger charge is -2.29. The molecule has 0 radical (unpaired) electrons. The molecule has 0 fully saturated rings. The van der Waals surface area contributed by atoms with Crippen LogP contribution < -0.4 is 10.2 Å². The summed E-state index contributed by atoms with van der Waals surface area (Å²) in [5, 5.41) is 3.25. The molecule has 22 heavy (non-hydrogen) atoms. The van der Waals surface area contributed by atoms with Crippen LogP contribution in [0.3, 0.4) is 0 Å². The van der Waals surface area contributed by atoms with Crippen molar-refractivity contribution >= 4 is 28.9 Å². The van der Waals surface area contributed by atoms with E-state index in [0.29, 0.717) is 12.2 Å². The Hall–Kier alpha value is -2.07. The van der Waals surface area contributed by atoms with Gasteiger partial charge in [0.05, 0.1) is 17.3 Å². The van der Waals surface area contributed by atoms with Crippen molar-refractivity contribution in [2.45, 2.75) is 12.8 Å². The molecule has 2 aromatic rings. The Morgan fingerprint density at radius 1 is 1.27 bits per heavy atom. The maximum Gasteiger partial charge on any atom is 0.246 e. The van der Waals surface area contributed by atoms with Crippen molar-refractivity contribution in [3.63, 3.8) is 0 Å². The van der Waals surface area contributed by atoms with Crippen molar-refractivity contribution in [3.05, 3.63) is 58.9 Å². The first-order chi connectivity index (χ1) is 10.6. The molecule has 1 aliphatic rings. The normalized spacial score (nSPS) is 13.6. The van der Waals surface area contributed by atoms with Gasteiger partial charge in [-0.3, -0.25) is 4.79 Å². The van der Waals surface area contributed by atoms with Crippen LogP contribution in [-0.2, 0) is 11.2 Å². The molecule has 0 atom stereocenters. The average molecular weight is 319 g/mol. The second-order valence-electron chi connectivity index (χ2n) is 5.26. The van der Waals surface area contributed by atoms with E-state index in [1.807, 2.05) is 18.2 Å². The summed E-state index contributed by atoms with van der Waals surface area (Å²) >= 11 is 5.95. The molecule has 0 aliphatic carbocycles. The Bertz CT molecular complexity index is 705. The second-order valence-corrected chi connectivity index (χ2v) is 5.66. The SMILES string of the molecule is O=C(CNc1ccc(F)cc1Cl)N1CCCc2ccccc21. The van der Waals surface area contributed by atoms with Crippen LogP contribution in [0.2, 0.25) is 5.02 Å². The van der Waals surface area contributed by atoms with Gasteiger partial charge in [-0.15, -0.1) is 0 Å². The molecule has 0 unspecified atom stereocenters. The van der Waals surface area contributed by atoms with Crippen molar-refractivity contribution in [1.29, 1.82) is 0 Å². The number of hydrogen-bond donors (Lipinski definition) is 1. The number of anilines is 2. The fourth-order valence-corrected chi connectivity index (χ4v) is 2.93. The largest absolute Gasteiger partial charge is 0.375 e. The first-order valence-corrected chi connectivity index (χ1v) is 7.60. The summed E-state index contributed by atoms with van der Waals surface area (Å²) in [6, 6.07) is 12.0. The number of halogens is 2. The number of amides is 1. The number of carbonyl (C=O) groups excluding carboxylic acids is 1. The number of hydrogen-bond acceptors (Lipinski definition) is 2. The Kier molecular flexibility index (Phi) is 4.29. The van der Waals surface area contributed by atoms with E-state index in [1.54, 1.807) is 4.90 Å². The summed E-state index contributed by atoms with van der Waals surface area (Å²) in [5.41, 5.74) is 2.73. The molecule has 0 bridgehead atoms. The standard InChI is InChI=1S/C17H16ClFN2O/c18-14-10-13(19)7-8-15(14)20-11-17(22)21-9-3-5-12-4-1-2-6-16(12)21/h1-2,4,6-8,10,20H,3,5,9,11H2. The average Bonchev–Trinajstić information content (AvgIpc) is 2.53. The molecule has 1 N–H and O–H groups in total. The molecule has 114 valence electrons. The number of benzene rings is 2. The third-order valence-electron chi connectivity index (χ3n) is 3.77. The quantitative estimate of drug-likeness (QED) is 0.931. The van der Waals surface area contributed by atoms with Gasteiger partial charge in [-0.05, 0) is 42.7 Å². The van der Waals surface area contributed by atoms with Crippen LogP contribution in [0.25, 0.3) is 0 Å². The van der Waals surface area contributed by atoms with Gasteiger partial charge in [0.2, 0.25) is 5.91 Å². The van der Waals surface area contributed by atoms with E-state index in [9.17, 15) is 9.18 Å². The van der Waals surface area contributed by atoms with Crippen LogP contribution >= 0.6 is 11.6 Å². The summed E-state index contributed by atoms with van der Waals surface area (Å²) in [4.78, 5) is 14.3. The number of nitrogens with one attached hydrogen (secondary N) is 1. The van der Waals surface area contributed by atoms with Crippen molar-refractivity contribution in [2.75, 3.05) is 23.3 Å². The van der Waals surface area contributed by atoms with Gasteiger partial charge in [-0.2, -0.15) is 0 Å². The van der Waals surface area contributed by atoms with Gasteiger partial charge in [0.1, 0.15) is 5.82 Å². The molecule has 1 heterocycles. The summed E-state index contributed by atoms with van der Waals surface area (Å²) < 4.78 is 13.0. The molecule has 3 nitrogen and oxygen atoms in total. The first-order valence-electron chi connectivity index (χ1n) is 7.22. The number of carbonyl (C=O) groups is 1. The monoisotopic (exact) mass is 318 g/mol. The minimum Gasteiger partial charge on any atom is -0.375 e. The maximum absolute atomic E-state index is 13.0. The number of fused-ring (bicyclic) bond motifs is 1. The van der Waals surface area contributed by atoms with Crippen molar-refractivity contribution in [2.24, 2.45) is 0 Å². The van der Waals surface area contributed by atoms with Crippen LogP contribution in [-0.4, -0.2) is 19.0 Å². The lowest BCUT2D eigenvalue weighted by Crippen LogP contribution is -2.39. The van der Waals surface area contributed by atoms with Gasteiger partial charge in [0.25, 0.3) is 0 Å². The first kappa shape index (κ1) is 14.9. The van der Waals surface area contributed by atoms with Gasteiger partial charge >= 0.3 is 0 Å². The zero-order valence-electron chi connectivity index (χ0n) is 12.0. The van der Waals surface area contributed by atoms with Crippen molar-refractivity contribution in [3.8, 4) is 0 Å². The number of para-hydroxylation sites is 1. The number of rotatable bonds is 3. The molecule has 1 aliphatic heterocycles. The van der Waals surface area contributed by atoms with Gasteiger partial charge in [-0.1, -0.05) is 29.8 Å². The summed E-state index contributed by atoms with van der Waals surface area (Å²) in [5.74, 6) is -0.417. The molecule has 5 heteroatoms. The molecular weight excluding hydrogens is 303 g/mol. The Balaban J connectivity index is 1.70. The smallest absolute Gasteiger partial charge is 0.246 e. The van der Waals surface area contributed by atoms with E-state index in [2.05, 4.69) is 11.4 Å². The van der Waals surface area contributed by atoms with E-state index < -0.39 is 5.82 Å². The lowest BCUT2D eigenvalue weighted by molar-refractivity contribution is -0.117. The van der Waals surface area contributed by atoms with Crippen LogP contribution in [0.5, 0.6) is 0 Å². The molecule has 0 saturated heterocycles. The third kappa shape index (κ3) is 3.07. The topological polar surface area (TPSA) is 32.3 Å². The molecule has 1 amide bonds. The lowest BCUT2D eigenvalue weighted by atomic mass is 10.0. The van der Waals surface area contributed by atoms with Gasteiger partial charge in [-0.25, -0.2) is 4.39 Å². The minimum absolute atomic E-state index is 0.0208. The van der Waals surface area contributed by atoms with Gasteiger partial charge in [0, 0.05) is 12.2 Å². The van der Waals surface area contributed by atoms with E-state index in [-0.39, 0.29) is 17.5 Å². The Morgan fingerprint density at radius 3 is 2.91 bits per heavy atom. The summed E-state index contributed by atoms with van der Waals surface area (Å²) in [6.07, 6.45) is 1.96. The molecular formula is C17H16ClFN2O. The third-order valence-corrected chi connectivity index (χ3v) is 4.09. The van der Waals surface area contributed by atoms with Crippen LogP contribution in [0, 0.1) is 5.82 Å². The molecule has 2 aromatic carbocycles. The highest BCUT2D eigenvalue weighted by molar-refractivity contribution is 6.33. The highest BCUT2D eigenvalue weighted by Gasteiger charge is 2.21. The summed E-state index contributed by atoms with van der Waals surface area (Å²) in [6.45, 7) is 0.842. The zero-order chi connectivity index (χ0) is 15.5. The van der Waals surface area contributed by atoms with E-state index in [1.165, 1.54) is 23.8 Å². The zero-order valence-corrected chi connectivity index (χ0v) is 12.7. The Morgan fingerprint density at radius 2 is 2.09 bits per heavy atom. The molecule has 3 rings (SSSR count). The van der Waals surface area contributed by atoms with E-state index >= 15 is 0 Å². The second kappa shape index (κ2) is 6.36. The van der Waals surface area contributed by atoms with E-state index in [0.717, 1.165) is 18.5 Å². The highest BCUT2D eigenvalue weighted by atomic mass is 35.5. The molecule has 0 spiro atoms. The number of aryl methyl sites for hydroxylation is 1. The predicted octanol–water partition coefficient (Wildman–Crippen LogP) is 3.87. The Labute approximate surface area is 133 Å². The van der Waals surface area contributed by atoms with Gasteiger partial charge in [0.15, 0.2) is 0 Å². The van der Waals surface area contributed by atoms with Crippen molar-refractivity contribution in [1.82, 2.24) is 0 Å². The van der Waals surface area contributed by atoms with Gasteiger partial charge < -0.3 is 10.2 Å². The fourth-order valence-electron chi connectivity index (χ4n) is 2.69. The minimum atomic E-state index is -0.396. The van der Waals surface area contributed by atoms with Crippen molar-refractivity contribution < 1.29 is 9.18 Å². The fraction of sp³-hybridized carbons (Fsp3) is 0.235. The van der Waals surface area contributed by atoms with Crippen LogP contribution in [0.1, 0.15) is 12.0 Å². The summed E-state index contributed by atoms with van der Waals surface area (Å²) in [7, 11) is 0. The molecule has 0 aromatic heterocycles. The highest BCUT2D eigenvalue weighted by Crippen LogP contribution is 2.27. The molecule has 0 saturated carbocycles. The van der Waals surface area contributed by atoms with E-state index in [4.69, 9.17) is 11.6 Å². The van der Waals surface area contributed by atoms with Crippen LogP contribution in [0.4, 0.5) is 15.8 Å². The maximum atomic E-state index is 13.0. The predicted molar refractivity (Wildman–Crippen MR) is 87.0 cm³/mol. The van der Waals surface area contributed by atoms with Crippen LogP contribution in [0.15, 0.2) is 42.5 Å².